The Labute approximate surface area is 93.3 Å². The van der Waals surface area contributed by atoms with E-state index in [1.165, 1.54) is 19.1 Å². The number of hydrogen-bond acceptors (Lipinski definition) is 1. The van der Waals surface area contributed by atoms with Gasteiger partial charge in [-0.05, 0) is 29.8 Å². The quantitative estimate of drug-likeness (QED) is 0.724. The Balaban J connectivity index is 2.27. The molecule has 0 radical (unpaired) electrons. The summed E-state index contributed by atoms with van der Waals surface area (Å²) in [6.07, 6.45) is 1.82. The van der Waals surface area contributed by atoms with Gasteiger partial charge in [-0.25, -0.2) is 4.39 Å². The number of halogens is 1. The van der Waals surface area contributed by atoms with Crippen molar-refractivity contribution in [3.8, 4) is 0 Å². The number of ketones is 1. The van der Waals surface area contributed by atoms with Crippen LogP contribution in [0.25, 0.3) is 0 Å². The molecule has 0 amide bonds. The molecule has 2 rings (SSSR count). The molecule has 0 N–H and O–H groups in total. The summed E-state index contributed by atoms with van der Waals surface area (Å²) in [5, 5.41) is 0. The molecule has 0 aliphatic rings. The van der Waals surface area contributed by atoms with Gasteiger partial charge in [0.15, 0.2) is 5.78 Å². The normalized spacial score (nSPS) is 10.4. The van der Waals surface area contributed by atoms with E-state index in [-0.39, 0.29) is 11.6 Å². The van der Waals surface area contributed by atoms with Crippen molar-refractivity contribution in [1.82, 2.24) is 4.57 Å². The fraction of sp³-hybridized carbons (Fsp3) is 0.154. The zero-order valence-corrected chi connectivity index (χ0v) is 8.98. The lowest BCUT2D eigenvalue weighted by molar-refractivity contribution is 0.100. The number of carbonyl (C=O) groups excluding carboxylic acids is 1. The highest BCUT2D eigenvalue weighted by Crippen LogP contribution is 2.09. The molecule has 0 saturated carbocycles. The Kier molecular flexibility index (Phi) is 2.86. The van der Waals surface area contributed by atoms with Gasteiger partial charge in [0, 0.05) is 19.7 Å². The Morgan fingerprint density at radius 3 is 2.81 bits per heavy atom. The second kappa shape index (κ2) is 4.31. The van der Waals surface area contributed by atoms with Crippen LogP contribution in [0.2, 0.25) is 0 Å². The van der Waals surface area contributed by atoms with Crippen LogP contribution >= 0.6 is 0 Å². The van der Waals surface area contributed by atoms with Crippen molar-refractivity contribution in [2.75, 3.05) is 0 Å². The van der Waals surface area contributed by atoms with Crippen LogP contribution < -0.4 is 0 Å². The summed E-state index contributed by atoms with van der Waals surface area (Å²) in [6, 6.07) is 9.97. The minimum absolute atomic E-state index is 0.0152. The summed E-state index contributed by atoms with van der Waals surface area (Å²) in [6.45, 7) is 2.04. The standard InChI is InChI=1S/C13H12FNO/c1-10(16)13-6-3-7-15(13)9-11-4-2-5-12(14)8-11/h2-8H,9H2,1H3. The van der Waals surface area contributed by atoms with Crippen molar-refractivity contribution in [2.45, 2.75) is 13.5 Å². The van der Waals surface area contributed by atoms with Crippen molar-refractivity contribution < 1.29 is 9.18 Å². The third kappa shape index (κ3) is 2.19. The summed E-state index contributed by atoms with van der Waals surface area (Å²) in [4.78, 5) is 11.3. The van der Waals surface area contributed by atoms with Crippen LogP contribution in [-0.2, 0) is 6.54 Å². The lowest BCUT2D eigenvalue weighted by Gasteiger charge is -2.07. The van der Waals surface area contributed by atoms with Gasteiger partial charge in [0.2, 0.25) is 0 Å². The highest BCUT2D eigenvalue weighted by molar-refractivity contribution is 5.92. The minimum Gasteiger partial charge on any atom is -0.341 e. The molecular weight excluding hydrogens is 205 g/mol. The predicted octanol–water partition coefficient (Wildman–Crippen LogP) is 2.88. The Morgan fingerprint density at radius 1 is 1.31 bits per heavy atom. The summed E-state index contributed by atoms with van der Waals surface area (Å²) in [5.41, 5.74) is 1.49. The predicted molar refractivity (Wildman–Crippen MR) is 59.9 cm³/mol. The molecule has 0 unspecified atom stereocenters. The number of Topliss-reactive ketones (excluding diaryl/α,β-unsaturated/α-hetero) is 1. The molecule has 0 aliphatic heterocycles. The fourth-order valence-corrected chi connectivity index (χ4v) is 1.70. The molecule has 16 heavy (non-hydrogen) atoms. The lowest BCUT2D eigenvalue weighted by Crippen LogP contribution is -2.06. The van der Waals surface area contributed by atoms with E-state index >= 15 is 0 Å². The van der Waals surface area contributed by atoms with E-state index in [9.17, 15) is 9.18 Å². The van der Waals surface area contributed by atoms with Crippen LogP contribution in [0.1, 0.15) is 23.0 Å². The zero-order chi connectivity index (χ0) is 11.5. The monoisotopic (exact) mass is 217 g/mol. The molecule has 0 saturated heterocycles. The molecule has 2 aromatic rings. The highest BCUT2D eigenvalue weighted by atomic mass is 19.1. The van der Waals surface area contributed by atoms with Gasteiger partial charge in [-0.3, -0.25) is 4.79 Å². The zero-order valence-electron chi connectivity index (χ0n) is 8.98. The number of hydrogen-bond donors (Lipinski definition) is 0. The molecule has 1 aromatic heterocycles. The molecule has 0 aliphatic carbocycles. The molecule has 82 valence electrons. The Bertz CT molecular complexity index is 516. The summed E-state index contributed by atoms with van der Waals surface area (Å²) < 4.78 is 14.8. The van der Waals surface area contributed by atoms with Gasteiger partial charge in [0.05, 0.1) is 5.69 Å². The molecule has 1 aromatic carbocycles. The Morgan fingerprint density at radius 2 is 2.12 bits per heavy atom. The first kappa shape index (κ1) is 10.6. The van der Waals surface area contributed by atoms with Crippen molar-refractivity contribution in [3.63, 3.8) is 0 Å². The third-order valence-electron chi connectivity index (χ3n) is 2.43. The number of rotatable bonds is 3. The molecule has 0 bridgehead atoms. The van der Waals surface area contributed by atoms with E-state index in [0.29, 0.717) is 12.2 Å². The Hall–Kier alpha value is -1.90. The second-order valence-electron chi connectivity index (χ2n) is 3.71. The average molecular weight is 217 g/mol. The molecule has 3 heteroatoms. The molecule has 1 heterocycles. The van der Waals surface area contributed by atoms with Gasteiger partial charge in [0.25, 0.3) is 0 Å². The van der Waals surface area contributed by atoms with Crippen LogP contribution in [0.5, 0.6) is 0 Å². The largest absolute Gasteiger partial charge is 0.341 e. The fourth-order valence-electron chi connectivity index (χ4n) is 1.70. The van der Waals surface area contributed by atoms with Crippen molar-refractivity contribution >= 4 is 5.78 Å². The first-order valence-electron chi connectivity index (χ1n) is 5.07. The number of carbonyl (C=O) groups is 1. The van der Waals surface area contributed by atoms with E-state index in [0.717, 1.165) is 5.56 Å². The molecule has 0 fully saturated rings. The van der Waals surface area contributed by atoms with Gasteiger partial charge in [-0.1, -0.05) is 12.1 Å². The summed E-state index contributed by atoms with van der Waals surface area (Å²) in [7, 11) is 0. The third-order valence-corrected chi connectivity index (χ3v) is 2.43. The van der Waals surface area contributed by atoms with Crippen molar-refractivity contribution in [3.05, 3.63) is 59.7 Å². The maximum absolute atomic E-state index is 13.0. The van der Waals surface area contributed by atoms with E-state index < -0.39 is 0 Å². The van der Waals surface area contributed by atoms with Crippen LogP contribution in [0.3, 0.4) is 0 Å². The van der Waals surface area contributed by atoms with Crippen LogP contribution in [0.4, 0.5) is 4.39 Å². The first-order chi connectivity index (χ1) is 7.66. The maximum atomic E-state index is 13.0. The first-order valence-corrected chi connectivity index (χ1v) is 5.07. The second-order valence-corrected chi connectivity index (χ2v) is 3.71. The smallest absolute Gasteiger partial charge is 0.176 e. The SMILES string of the molecule is CC(=O)c1cccn1Cc1cccc(F)c1. The van der Waals surface area contributed by atoms with Crippen LogP contribution in [0.15, 0.2) is 42.6 Å². The number of aromatic nitrogens is 1. The van der Waals surface area contributed by atoms with E-state index in [4.69, 9.17) is 0 Å². The van der Waals surface area contributed by atoms with E-state index in [1.807, 2.05) is 22.9 Å². The maximum Gasteiger partial charge on any atom is 0.176 e. The number of nitrogens with zero attached hydrogens (tertiary/aromatic N) is 1. The summed E-state index contributed by atoms with van der Waals surface area (Å²) in [5.74, 6) is -0.240. The highest BCUT2D eigenvalue weighted by Gasteiger charge is 2.06. The summed E-state index contributed by atoms with van der Waals surface area (Å²) >= 11 is 0. The van der Waals surface area contributed by atoms with Gasteiger partial charge < -0.3 is 4.57 Å². The van der Waals surface area contributed by atoms with E-state index in [2.05, 4.69) is 0 Å². The topological polar surface area (TPSA) is 22.0 Å². The molecule has 2 nitrogen and oxygen atoms in total. The molecular formula is C13H12FNO. The van der Waals surface area contributed by atoms with Crippen LogP contribution in [0, 0.1) is 5.82 Å². The van der Waals surface area contributed by atoms with Crippen LogP contribution in [-0.4, -0.2) is 10.4 Å². The number of benzene rings is 1. The van der Waals surface area contributed by atoms with Crippen molar-refractivity contribution in [2.24, 2.45) is 0 Å². The molecule has 0 atom stereocenters. The minimum atomic E-state index is -0.256. The van der Waals surface area contributed by atoms with E-state index in [1.54, 1.807) is 12.1 Å². The van der Waals surface area contributed by atoms with Crippen molar-refractivity contribution in [1.29, 1.82) is 0 Å². The van der Waals surface area contributed by atoms with Gasteiger partial charge in [-0.2, -0.15) is 0 Å². The molecule has 0 spiro atoms. The van der Waals surface area contributed by atoms with Gasteiger partial charge in [0.1, 0.15) is 5.82 Å². The van der Waals surface area contributed by atoms with Gasteiger partial charge >= 0.3 is 0 Å². The van der Waals surface area contributed by atoms with Gasteiger partial charge in [-0.15, -0.1) is 0 Å². The average Bonchev–Trinajstić information content (AvgIpc) is 2.66. The lowest BCUT2D eigenvalue weighted by atomic mass is 10.2.